The number of methoxy groups -OCH3 is 2. The SMILES string of the molecule is COc1ccc(CNC(=O)c2ccc(Nc3ccccc3C)cn2)cc1OC. The Hall–Kier alpha value is -3.54. The van der Waals surface area contributed by atoms with E-state index in [2.05, 4.69) is 15.6 Å². The van der Waals surface area contributed by atoms with E-state index in [-0.39, 0.29) is 5.91 Å². The molecule has 1 amide bonds. The highest BCUT2D eigenvalue weighted by molar-refractivity contribution is 5.92. The van der Waals surface area contributed by atoms with Crippen LogP contribution in [0.1, 0.15) is 21.6 Å². The molecule has 28 heavy (non-hydrogen) atoms. The summed E-state index contributed by atoms with van der Waals surface area (Å²) in [6.07, 6.45) is 1.65. The van der Waals surface area contributed by atoms with Gasteiger partial charge in [-0.05, 0) is 48.4 Å². The number of nitrogens with zero attached hydrogens (tertiary/aromatic N) is 1. The van der Waals surface area contributed by atoms with E-state index in [1.807, 2.05) is 55.5 Å². The van der Waals surface area contributed by atoms with Gasteiger partial charge in [0.15, 0.2) is 11.5 Å². The summed E-state index contributed by atoms with van der Waals surface area (Å²) >= 11 is 0. The van der Waals surface area contributed by atoms with Crippen molar-refractivity contribution in [3.05, 3.63) is 77.6 Å². The van der Waals surface area contributed by atoms with Crippen LogP contribution in [0.15, 0.2) is 60.8 Å². The minimum Gasteiger partial charge on any atom is -0.493 e. The predicted octanol–water partition coefficient (Wildman–Crippen LogP) is 4.08. The molecule has 1 heterocycles. The standard InChI is InChI=1S/C22H23N3O3/c1-15-6-4-5-7-18(15)25-17-9-10-19(23-14-17)22(26)24-13-16-8-11-20(27-2)21(12-16)28-3/h4-12,14,25H,13H2,1-3H3,(H,24,26). The Balaban J connectivity index is 1.61. The van der Waals surface area contributed by atoms with Gasteiger partial charge in [-0.2, -0.15) is 0 Å². The van der Waals surface area contributed by atoms with Crippen molar-refractivity contribution in [1.29, 1.82) is 0 Å². The molecule has 2 aromatic carbocycles. The first-order valence-electron chi connectivity index (χ1n) is 8.88. The van der Waals surface area contributed by atoms with E-state index in [1.54, 1.807) is 26.5 Å². The van der Waals surface area contributed by atoms with Gasteiger partial charge >= 0.3 is 0 Å². The minimum absolute atomic E-state index is 0.239. The van der Waals surface area contributed by atoms with Crippen LogP contribution in [-0.2, 0) is 6.54 Å². The van der Waals surface area contributed by atoms with E-state index in [4.69, 9.17) is 9.47 Å². The van der Waals surface area contributed by atoms with E-state index in [0.29, 0.717) is 23.7 Å². The van der Waals surface area contributed by atoms with Gasteiger partial charge in [0.05, 0.1) is 26.1 Å². The third kappa shape index (κ3) is 4.59. The fourth-order valence-electron chi connectivity index (χ4n) is 2.73. The minimum atomic E-state index is -0.239. The maximum Gasteiger partial charge on any atom is 0.270 e. The number of anilines is 2. The number of aromatic nitrogens is 1. The van der Waals surface area contributed by atoms with Crippen LogP contribution < -0.4 is 20.1 Å². The topological polar surface area (TPSA) is 72.5 Å². The van der Waals surface area contributed by atoms with Gasteiger partial charge < -0.3 is 20.1 Å². The molecule has 1 aromatic heterocycles. The Morgan fingerprint density at radius 3 is 2.46 bits per heavy atom. The maximum absolute atomic E-state index is 12.4. The van der Waals surface area contributed by atoms with Gasteiger partial charge in [0.2, 0.25) is 0 Å². The molecule has 0 aliphatic rings. The first-order chi connectivity index (χ1) is 13.6. The van der Waals surface area contributed by atoms with Crippen LogP contribution in [0.5, 0.6) is 11.5 Å². The van der Waals surface area contributed by atoms with Crippen molar-refractivity contribution in [3.8, 4) is 11.5 Å². The van der Waals surface area contributed by atoms with Gasteiger partial charge in [-0.1, -0.05) is 24.3 Å². The maximum atomic E-state index is 12.4. The third-order valence-corrected chi connectivity index (χ3v) is 4.32. The second-order valence-corrected chi connectivity index (χ2v) is 6.24. The summed E-state index contributed by atoms with van der Waals surface area (Å²) in [4.78, 5) is 16.6. The zero-order chi connectivity index (χ0) is 19.9. The van der Waals surface area contributed by atoms with Gasteiger partial charge in [-0.15, -0.1) is 0 Å². The molecule has 2 N–H and O–H groups in total. The molecule has 0 unspecified atom stereocenters. The molecule has 0 saturated heterocycles. The number of aryl methyl sites for hydroxylation is 1. The van der Waals surface area contributed by atoms with Crippen molar-refractivity contribution < 1.29 is 14.3 Å². The van der Waals surface area contributed by atoms with Crippen molar-refractivity contribution in [2.24, 2.45) is 0 Å². The molecular formula is C22H23N3O3. The van der Waals surface area contributed by atoms with E-state index in [1.165, 1.54) is 0 Å². The van der Waals surface area contributed by atoms with Gasteiger partial charge in [-0.25, -0.2) is 4.98 Å². The first-order valence-corrected chi connectivity index (χ1v) is 8.88. The average Bonchev–Trinajstić information content (AvgIpc) is 2.74. The Morgan fingerprint density at radius 2 is 1.79 bits per heavy atom. The number of ether oxygens (including phenoxy) is 2. The number of amides is 1. The number of rotatable bonds is 7. The fourth-order valence-corrected chi connectivity index (χ4v) is 2.73. The zero-order valence-electron chi connectivity index (χ0n) is 16.2. The number of hydrogen-bond acceptors (Lipinski definition) is 5. The summed E-state index contributed by atoms with van der Waals surface area (Å²) in [7, 11) is 3.17. The number of nitrogens with one attached hydrogen (secondary N) is 2. The smallest absolute Gasteiger partial charge is 0.270 e. The van der Waals surface area contributed by atoms with Crippen molar-refractivity contribution in [2.45, 2.75) is 13.5 Å². The second kappa shape index (κ2) is 8.90. The molecule has 3 rings (SSSR count). The Bertz CT molecular complexity index is 955. The molecule has 0 radical (unpaired) electrons. The molecule has 6 nitrogen and oxygen atoms in total. The van der Waals surface area contributed by atoms with Crippen molar-refractivity contribution in [3.63, 3.8) is 0 Å². The zero-order valence-corrected chi connectivity index (χ0v) is 16.2. The lowest BCUT2D eigenvalue weighted by molar-refractivity contribution is 0.0946. The van der Waals surface area contributed by atoms with E-state index in [9.17, 15) is 4.79 Å². The van der Waals surface area contributed by atoms with Crippen LogP contribution in [0, 0.1) is 6.92 Å². The number of benzene rings is 2. The molecule has 0 atom stereocenters. The van der Waals surface area contributed by atoms with Gasteiger partial charge in [0, 0.05) is 12.2 Å². The summed E-state index contributed by atoms with van der Waals surface area (Å²) < 4.78 is 10.5. The van der Waals surface area contributed by atoms with Crippen LogP contribution in [0.25, 0.3) is 0 Å². The summed E-state index contributed by atoms with van der Waals surface area (Å²) in [6.45, 7) is 2.40. The Morgan fingerprint density at radius 1 is 1.00 bits per heavy atom. The number of carbonyl (C=O) groups is 1. The highest BCUT2D eigenvalue weighted by Crippen LogP contribution is 2.27. The molecule has 0 fully saturated rings. The summed E-state index contributed by atoms with van der Waals surface area (Å²) in [6, 6.07) is 17.1. The summed E-state index contributed by atoms with van der Waals surface area (Å²) in [5.41, 5.74) is 4.24. The van der Waals surface area contributed by atoms with Gasteiger partial charge in [0.25, 0.3) is 5.91 Å². The molecule has 144 valence electrons. The molecule has 6 heteroatoms. The number of hydrogen-bond donors (Lipinski definition) is 2. The Labute approximate surface area is 164 Å². The molecule has 0 bridgehead atoms. The number of para-hydroxylation sites is 1. The molecule has 0 aliphatic carbocycles. The third-order valence-electron chi connectivity index (χ3n) is 4.32. The predicted molar refractivity (Wildman–Crippen MR) is 109 cm³/mol. The normalized spacial score (nSPS) is 10.2. The number of carbonyl (C=O) groups excluding carboxylic acids is 1. The van der Waals surface area contributed by atoms with Crippen LogP contribution in [0.3, 0.4) is 0 Å². The lowest BCUT2D eigenvalue weighted by atomic mass is 10.2. The Kier molecular flexibility index (Phi) is 6.11. The lowest BCUT2D eigenvalue weighted by Gasteiger charge is -2.11. The highest BCUT2D eigenvalue weighted by atomic mass is 16.5. The van der Waals surface area contributed by atoms with Gasteiger partial charge in [-0.3, -0.25) is 4.79 Å². The van der Waals surface area contributed by atoms with Crippen molar-refractivity contribution in [2.75, 3.05) is 19.5 Å². The number of pyridine rings is 1. The summed E-state index contributed by atoms with van der Waals surface area (Å²) in [5.74, 6) is 1.03. The van der Waals surface area contributed by atoms with Crippen LogP contribution in [0.4, 0.5) is 11.4 Å². The molecule has 0 saturated carbocycles. The monoisotopic (exact) mass is 377 g/mol. The van der Waals surface area contributed by atoms with Crippen LogP contribution >= 0.6 is 0 Å². The van der Waals surface area contributed by atoms with Gasteiger partial charge in [0.1, 0.15) is 5.69 Å². The van der Waals surface area contributed by atoms with E-state index in [0.717, 1.165) is 22.5 Å². The quantitative estimate of drug-likeness (QED) is 0.649. The largest absolute Gasteiger partial charge is 0.493 e. The average molecular weight is 377 g/mol. The lowest BCUT2D eigenvalue weighted by Crippen LogP contribution is -2.23. The molecule has 3 aromatic rings. The highest BCUT2D eigenvalue weighted by Gasteiger charge is 2.09. The van der Waals surface area contributed by atoms with Crippen molar-refractivity contribution >= 4 is 17.3 Å². The van der Waals surface area contributed by atoms with Crippen LogP contribution in [0.2, 0.25) is 0 Å². The first kappa shape index (κ1) is 19.2. The van der Waals surface area contributed by atoms with Crippen molar-refractivity contribution in [1.82, 2.24) is 10.3 Å². The van der Waals surface area contributed by atoms with E-state index < -0.39 is 0 Å². The fraction of sp³-hybridized carbons (Fsp3) is 0.182. The molecule has 0 spiro atoms. The summed E-state index contributed by atoms with van der Waals surface area (Å²) in [5, 5.41) is 6.16. The molecule has 0 aliphatic heterocycles. The van der Waals surface area contributed by atoms with Crippen LogP contribution in [-0.4, -0.2) is 25.1 Å². The second-order valence-electron chi connectivity index (χ2n) is 6.24. The van der Waals surface area contributed by atoms with E-state index >= 15 is 0 Å². The molecular weight excluding hydrogens is 354 g/mol.